The van der Waals surface area contributed by atoms with Crippen LogP contribution in [0.25, 0.3) is 10.9 Å². The number of ether oxygens (including phenoxy) is 1. The third-order valence-corrected chi connectivity index (χ3v) is 4.24. The minimum atomic E-state index is -0.693. The van der Waals surface area contributed by atoms with Gasteiger partial charge in [-0.15, -0.1) is 0 Å². The Morgan fingerprint density at radius 2 is 1.85 bits per heavy atom. The average molecular weight is 463 g/mol. The number of nitrogens with zero attached hydrogens (tertiary/aromatic N) is 2. The maximum Gasteiger partial charge on any atom is 0.326 e. The molecule has 3 aromatic rings. The van der Waals surface area contributed by atoms with Crippen molar-refractivity contribution in [2.24, 2.45) is 0 Å². The predicted molar refractivity (Wildman–Crippen MR) is 105 cm³/mol. The Bertz CT molecular complexity index is 1010. The maximum absolute atomic E-state index is 12.3. The number of aromatic nitrogens is 2. The average Bonchev–Trinajstić information content (AvgIpc) is 2.64. The zero-order valence-electron chi connectivity index (χ0n) is 13.5. The standard InChI is InChI=1S/C18H14IN3O4/c19-12-5-7-13(8-6-12)21-16(23)10-26-17(24)9-22-11-20-15-4-2-1-3-14(15)18(22)25/h1-8,11H,9-10H2,(H,21,23). The molecule has 0 radical (unpaired) electrons. The fourth-order valence-electron chi connectivity index (χ4n) is 2.28. The third-order valence-electron chi connectivity index (χ3n) is 3.52. The van der Waals surface area contributed by atoms with Crippen molar-refractivity contribution in [3.05, 3.63) is 68.8 Å². The largest absolute Gasteiger partial charge is 0.454 e. The SMILES string of the molecule is O=C(COC(=O)Cn1cnc2ccccc2c1=O)Nc1ccc(I)cc1. The molecule has 0 unspecified atom stereocenters. The Labute approximate surface area is 162 Å². The van der Waals surface area contributed by atoms with E-state index >= 15 is 0 Å². The van der Waals surface area contributed by atoms with Gasteiger partial charge in [-0.05, 0) is 59.0 Å². The lowest BCUT2D eigenvalue weighted by atomic mass is 10.2. The van der Waals surface area contributed by atoms with E-state index in [1.807, 2.05) is 12.1 Å². The number of anilines is 1. The molecule has 1 heterocycles. The summed E-state index contributed by atoms with van der Waals surface area (Å²) in [7, 11) is 0. The Morgan fingerprint density at radius 1 is 1.12 bits per heavy atom. The van der Waals surface area contributed by atoms with E-state index in [1.54, 1.807) is 36.4 Å². The molecule has 3 rings (SSSR count). The number of benzene rings is 2. The lowest BCUT2D eigenvalue weighted by Gasteiger charge is -2.08. The molecule has 1 N–H and O–H groups in total. The molecule has 1 amide bonds. The number of hydrogen-bond donors (Lipinski definition) is 1. The Hall–Kier alpha value is -2.75. The monoisotopic (exact) mass is 463 g/mol. The van der Waals surface area contributed by atoms with Gasteiger partial charge in [-0.2, -0.15) is 0 Å². The van der Waals surface area contributed by atoms with Gasteiger partial charge in [-0.3, -0.25) is 19.0 Å². The molecule has 7 nitrogen and oxygen atoms in total. The first-order valence-corrected chi connectivity index (χ1v) is 8.76. The number of halogens is 1. The number of rotatable bonds is 5. The van der Waals surface area contributed by atoms with E-state index in [0.29, 0.717) is 16.6 Å². The lowest BCUT2D eigenvalue weighted by Crippen LogP contribution is -2.28. The summed E-state index contributed by atoms with van der Waals surface area (Å²) >= 11 is 2.16. The molecule has 0 saturated carbocycles. The molecular weight excluding hydrogens is 449 g/mol. The number of nitrogens with one attached hydrogen (secondary N) is 1. The molecule has 0 atom stereocenters. The minimum absolute atomic E-state index is 0.312. The summed E-state index contributed by atoms with van der Waals surface area (Å²) < 4.78 is 7.13. The number of hydrogen-bond acceptors (Lipinski definition) is 5. The zero-order valence-corrected chi connectivity index (χ0v) is 15.7. The molecule has 0 saturated heterocycles. The second-order valence-electron chi connectivity index (χ2n) is 5.41. The van der Waals surface area contributed by atoms with Crippen molar-refractivity contribution in [3.8, 4) is 0 Å². The maximum atomic E-state index is 12.3. The topological polar surface area (TPSA) is 90.3 Å². The van der Waals surface area contributed by atoms with Crippen molar-refractivity contribution in [1.82, 2.24) is 9.55 Å². The summed E-state index contributed by atoms with van der Waals surface area (Å²) in [6.45, 7) is -0.742. The molecule has 0 aliphatic heterocycles. The molecule has 0 aliphatic rings. The molecule has 0 fully saturated rings. The molecule has 0 bridgehead atoms. The van der Waals surface area contributed by atoms with Gasteiger partial charge in [0.05, 0.1) is 17.2 Å². The van der Waals surface area contributed by atoms with Crippen LogP contribution in [-0.4, -0.2) is 28.0 Å². The first kappa shape index (κ1) is 18.1. The number of fused-ring (bicyclic) bond motifs is 1. The summed E-state index contributed by atoms with van der Waals surface area (Å²) in [5, 5.41) is 3.04. The van der Waals surface area contributed by atoms with Gasteiger partial charge >= 0.3 is 5.97 Å². The van der Waals surface area contributed by atoms with Crippen LogP contribution in [0.4, 0.5) is 5.69 Å². The van der Waals surface area contributed by atoms with Crippen LogP contribution in [0, 0.1) is 3.57 Å². The van der Waals surface area contributed by atoms with Gasteiger partial charge in [0.2, 0.25) is 0 Å². The molecule has 132 valence electrons. The highest BCUT2D eigenvalue weighted by Crippen LogP contribution is 2.11. The van der Waals surface area contributed by atoms with Crippen LogP contribution in [0.15, 0.2) is 59.7 Å². The van der Waals surface area contributed by atoms with Crippen LogP contribution in [0.3, 0.4) is 0 Å². The van der Waals surface area contributed by atoms with E-state index in [1.165, 1.54) is 6.33 Å². The predicted octanol–water partition coefficient (Wildman–Crippen LogP) is 2.18. The van der Waals surface area contributed by atoms with Crippen molar-refractivity contribution < 1.29 is 14.3 Å². The summed E-state index contributed by atoms with van der Waals surface area (Å²) in [6.07, 6.45) is 1.29. The van der Waals surface area contributed by atoms with Crippen LogP contribution in [0.2, 0.25) is 0 Å². The highest BCUT2D eigenvalue weighted by Gasteiger charge is 2.11. The fourth-order valence-corrected chi connectivity index (χ4v) is 2.64. The van der Waals surface area contributed by atoms with E-state index in [4.69, 9.17) is 4.74 Å². The third kappa shape index (κ3) is 4.45. The number of para-hydroxylation sites is 1. The number of amides is 1. The van der Waals surface area contributed by atoms with Crippen molar-refractivity contribution in [2.45, 2.75) is 6.54 Å². The molecule has 0 aliphatic carbocycles. The van der Waals surface area contributed by atoms with Gasteiger partial charge in [0.1, 0.15) is 6.54 Å². The molecule has 2 aromatic carbocycles. The molecule has 0 spiro atoms. The second-order valence-corrected chi connectivity index (χ2v) is 6.66. The Morgan fingerprint density at radius 3 is 2.62 bits per heavy atom. The van der Waals surface area contributed by atoms with E-state index in [9.17, 15) is 14.4 Å². The van der Waals surface area contributed by atoms with Crippen molar-refractivity contribution in [2.75, 3.05) is 11.9 Å². The first-order chi connectivity index (χ1) is 12.5. The molecule has 26 heavy (non-hydrogen) atoms. The van der Waals surface area contributed by atoms with Crippen molar-refractivity contribution >= 4 is 51.1 Å². The number of carbonyl (C=O) groups is 2. The Kier molecular flexibility index (Phi) is 5.61. The zero-order chi connectivity index (χ0) is 18.5. The van der Waals surface area contributed by atoms with Crippen LogP contribution in [-0.2, 0) is 20.9 Å². The van der Waals surface area contributed by atoms with Gasteiger partial charge in [0.25, 0.3) is 11.5 Å². The number of esters is 1. The van der Waals surface area contributed by atoms with Crippen molar-refractivity contribution in [3.63, 3.8) is 0 Å². The second kappa shape index (κ2) is 8.09. The lowest BCUT2D eigenvalue weighted by molar-refractivity contribution is -0.147. The summed E-state index contributed by atoms with van der Waals surface area (Å²) in [5.74, 6) is -1.15. The van der Waals surface area contributed by atoms with Crippen molar-refractivity contribution in [1.29, 1.82) is 0 Å². The first-order valence-electron chi connectivity index (χ1n) is 7.68. The summed E-state index contributed by atoms with van der Waals surface area (Å²) in [5.41, 5.74) is 0.830. The summed E-state index contributed by atoms with van der Waals surface area (Å²) in [6, 6.07) is 14.1. The van der Waals surface area contributed by atoms with Gasteiger partial charge in [-0.25, -0.2) is 4.98 Å². The van der Waals surface area contributed by atoms with Crippen LogP contribution in [0.1, 0.15) is 0 Å². The van der Waals surface area contributed by atoms with Crippen LogP contribution >= 0.6 is 22.6 Å². The van der Waals surface area contributed by atoms with Crippen LogP contribution < -0.4 is 10.9 Å². The quantitative estimate of drug-likeness (QED) is 0.463. The number of carbonyl (C=O) groups excluding carboxylic acids is 2. The van der Waals surface area contributed by atoms with Gasteiger partial charge in [0.15, 0.2) is 6.61 Å². The minimum Gasteiger partial charge on any atom is -0.454 e. The Balaban J connectivity index is 1.57. The molecular formula is C18H14IN3O4. The fraction of sp³-hybridized carbons (Fsp3) is 0.111. The summed E-state index contributed by atoms with van der Waals surface area (Å²) in [4.78, 5) is 40.2. The smallest absolute Gasteiger partial charge is 0.326 e. The highest BCUT2D eigenvalue weighted by molar-refractivity contribution is 14.1. The van der Waals surface area contributed by atoms with Gasteiger partial charge < -0.3 is 10.1 Å². The van der Waals surface area contributed by atoms with Crippen LogP contribution in [0.5, 0.6) is 0 Å². The van der Waals surface area contributed by atoms with Gasteiger partial charge in [0, 0.05) is 9.26 Å². The van der Waals surface area contributed by atoms with Gasteiger partial charge in [-0.1, -0.05) is 12.1 Å². The molecule has 8 heteroatoms. The highest BCUT2D eigenvalue weighted by atomic mass is 127. The van der Waals surface area contributed by atoms with E-state index in [0.717, 1.165) is 8.14 Å². The normalized spacial score (nSPS) is 10.5. The van der Waals surface area contributed by atoms with E-state index in [2.05, 4.69) is 32.9 Å². The molecule has 1 aromatic heterocycles. The van der Waals surface area contributed by atoms with E-state index < -0.39 is 18.5 Å². The van der Waals surface area contributed by atoms with E-state index in [-0.39, 0.29) is 12.1 Å².